The van der Waals surface area contributed by atoms with Crippen LogP contribution in [0.25, 0.3) is 65.7 Å². The summed E-state index contributed by atoms with van der Waals surface area (Å²) in [5.41, 5.74) is 8.09. The Balaban J connectivity index is 1.62. The number of hydrogen-bond acceptors (Lipinski definition) is 1. The van der Waals surface area contributed by atoms with E-state index in [1.54, 1.807) is 0 Å². The van der Waals surface area contributed by atoms with Crippen molar-refractivity contribution >= 4 is 43.5 Å². The average Bonchev–Trinajstić information content (AvgIpc) is 3.27. The van der Waals surface area contributed by atoms with Crippen molar-refractivity contribution in [1.82, 2.24) is 0 Å². The molecule has 0 radical (unpaired) electrons. The van der Waals surface area contributed by atoms with Crippen LogP contribution in [0.4, 0.5) is 0 Å². The van der Waals surface area contributed by atoms with E-state index >= 15 is 0 Å². The average molecular weight is 435 g/mol. The second-order valence-electron chi connectivity index (χ2n) is 8.97. The monoisotopic (exact) mass is 434 g/mol. The molecule has 1 heteroatoms. The SMILES string of the molecule is Cc1cccc2c1oc1ccc(-c3c4ccccc4c(-c4ccccc4)c4ccccc34)cc12. The fraction of sp³-hybridized carbons (Fsp3) is 0.0303. The number of furan rings is 1. The molecule has 0 amide bonds. The largest absolute Gasteiger partial charge is 0.456 e. The highest BCUT2D eigenvalue weighted by atomic mass is 16.3. The maximum absolute atomic E-state index is 6.23. The molecule has 0 aliphatic carbocycles. The summed E-state index contributed by atoms with van der Waals surface area (Å²) in [4.78, 5) is 0. The van der Waals surface area contributed by atoms with Gasteiger partial charge >= 0.3 is 0 Å². The molecule has 1 nitrogen and oxygen atoms in total. The summed E-state index contributed by atoms with van der Waals surface area (Å²) in [6.07, 6.45) is 0. The van der Waals surface area contributed by atoms with Crippen molar-refractivity contribution in [1.29, 1.82) is 0 Å². The molecule has 1 aromatic heterocycles. The molecule has 0 fully saturated rings. The van der Waals surface area contributed by atoms with Gasteiger partial charge in [0.05, 0.1) is 0 Å². The quantitative estimate of drug-likeness (QED) is 0.247. The molecule has 0 spiro atoms. The van der Waals surface area contributed by atoms with Gasteiger partial charge in [0.15, 0.2) is 0 Å². The Bertz CT molecular complexity index is 1800. The second-order valence-corrected chi connectivity index (χ2v) is 8.97. The highest BCUT2D eigenvalue weighted by Crippen LogP contribution is 2.44. The predicted molar refractivity (Wildman–Crippen MR) is 144 cm³/mol. The van der Waals surface area contributed by atoms with Gasteiger partial charge in [0.1, 0.15) is 11.2 Å². The van der Waals surface area contributed by atoms with Gasteiger partial charge in [-0.05, 0) is 68.4 Å². The van der Waals surface area contributed by atoms with E-state index in [9.17, 15) is 0 Å². The summed E-state index contributed by atoms with van der Waals surface area (Å²) in [5, 5.41) is 7.42. The van der Waals surface area contributed by atoms with E-state index in [1.807, 2.05) is 0 Å². The maximum Gasteiger partial charge on any atom is 0.138 e. The molecule has 0 unspecified atom stereocenters. The van der Waals surface area contributed by atoms with Gasteiger partial charge in [-0.25, -0.2) is 0 Å². The van der Waals surface area contributed by atoms with E-state index in [0.717, 1.165) is 16.6 Å². The van der Waals surface area contributed by atoms with Crippen molar-refractivity contribution < 1.29 is 4.42 Å². The smallest absolute Gasteiger partial charge is 0.138 e. The summed E-state index contributed by atoms with van der Waals surface area (Å²) in [6.45, 7) is 2.11. The number of aryl methyl sites for hydroxylation is 1. The molecule has 0 saturated heterocycles. The van der Waals surface area contributed by atoms with Gasteiger partial charge in [0, 0.05) is 10.8 Å². The Morgan fingerprint density at radius 2 is 1.00 bits per heavy atom. The Morgan fingerprint density at radius 1 is 0.441 bits per heavy atom. The van der Waals surface area contributed by atoms with Crippen molar-refractivity contribution in [2.45, 2.75) is 6.92 Å². The van der Waals surface area contributed by atoms with Crippen LogP contribution in [0.2, 0.25) is 0 Å². The first-order chi connectivity index (χ1) is 16.8. The molecule has 0 bridgehead atoms. The Labute approximate surface area is 197 Å². The summed E-state index contributed by atoms with van der Waals surface area (Å²) in [5.74, 6) is 0. The molecule has 0 aliphatic rings. The van der Waals surface area contributed by atoms with Crippen LogP contribution >= 0.6 is 0 Å². The minimum Gasteiger partial charge on any atom is -0.456 e. The van der Waals surface area contributed by atoms with Gasteiger partial charge in [0.25, 0.3) is 0 Å². The van der Waals surface area contributed by atoms with Crippen molar-refractivity contribution in [3.63, 3.8) is 0 Å². The zero-order valence-corrected chi connectivity index (χ0v) is 18.9. The van der Waals surface area contributed by atoms with Gasteiger partial charge in [0.2, 0.25) is 0 Å². The number of fused-ring (bicyclic) bond motifs is 5. The van der Waals surface area contributed by atoms with Gasteiger partial charge in [-0.1, -0.05) is 103 Å². The first-order valence-corrected chi connectivity index (χ1v) is 11.7. The van der Waals surface area contributed by atoms with Crippen LogP contribution in [0.5, 0.6) is 0 Å². The van der Waals surface area contributed by atoms with Crippen molar-refractivity contribution in [3.05, 3.63) is 121 Å². The molecule has 1 heterocycles. The topological polar surface area (TPSA) is 13.1 Å². The number of hydrogen-bond donors (Lipinski definition) is 0. The van der Waals surface area contributed by atoms with Crippen LogP contribution in [0.1, 0.15) is 5.56 Å². The Morgan fingerprint density at radius 3 is 1.65 bits per heavy atom. The second kappa shape index (κ2) is 7.33. The molecule has 6 aromatic carbocycles. The Kier molecular flexibility index (Phi) is 4.13. The third-order valence-corrected chi connectivity index (χ3v) is 6.98. The van der Waals surface area contributed by atoms with Gasteiger partial charge in [-0.3, -0.25) is 0 Å². The fourth-order valence-electron chi connectivity index (χ4n) is 5.45. The highest BCUT2D eigenvalue weighted by Gasteiger charge is 2.17. The van der Waals surface area contributed by atoms with Crippen LogP contribution < -0.4 is 0 Å². The summed E-state index contributed by atoms with van der Waals surface area (Å²) in [6, 6.07) is 41.3. The molecule has 0 atom stereocenters. The summed E-state index contributed by atoms with van der Waals surface area (Å²) >= 11 is 0. The summed E-state index contributed by atoms with van der Waals surface area (Å²) in [7, 11) is 0. The van der Waals surface area contributed by atoms with Crippen LogP contribution in [-0.2, 0) is 0 Å². The Hall–Kier alpha value is -4.36. The molecule has 7 aromatic rings. The van der Waals surface area contributed by atoms with Gasteiger partial charge in [-0.2, -0.15) is 0 Å². The van der Waals surface area contributed by atoms with E-state index in [1.165, 1.54) is 54.7 Å². The maximum atomic E-state index is 6.23. The van der Waals surface area contributed by atoms with Gasteiger partial charge in [-0.15, -0.1) is 0 Å². The first kappa shape index (κ1) is 19.1. The zero-order valence-electron chi connectivity index (χ0n) is 18.9. The molecule has 0 N–H and O–H groups in total. The minimum atomic E-state index is 0.933. The minimum absolute atomic E-state index is 0.933. The third-order valence-electron chi connectivity index (χ3n) is 6.98. The summed E-state index contributed by atoms with van der Waals surface area (Å²) < 4.78 is 6.23. The first-order valence-electron chi connectivity index (χ1n) is 11.7. The lowest BCUT2D eigenvalue weighted by atomic mass is 9.86. The lowest BCUT2D eigenvalue weighted by molar-refractivity contribution is 0.666. The van der Waals surface area contributed by atoms with Crippen molar-refractivity contribution in [2.75, 3.05) is 0 Å². The van der Waals surface area contributed by atoms with E-state index < -0.39 is 0 Å². The van der Waals surface area contributed by atoms with E-state index in [4.69, 9.17) is 4.42 Å². The zero-order chi connectivity index (χ0) is 22.6. The molecular weight excluding hydrogens is 412 g/mol. The van der Waals surface area contributed by atoms with Crippen LogP contribution in [-0.4, -0.2) is 0 Å². The van der Waals surface area contributed by atoms with Crippen molar-refractivity contribution in [2.24, 2.45) is 0 Å². The molecule has 7 rings (SSSR count). The number of rotatable bonds is 2. The molecule has 34 heavy (non-hydrogen) atoms. The van der Waals surface area contributed by atoms with Crippen LogP contribution in [0, 0.1) is 6.92 Å². The van der Waals surface area contributed by atoms with Gasteiger partial charge < -0.3 is 4.42 Å². The predicted octanol–water partition coefficient (Wildman–Crippen LogP) is 9.53. The standard InChI is InChI=1S/C33H22O/c1-21-10-9-17-28-29-20-23(18-19-30(29)34-33(21)28)32-26-15-7-5-13-24(26)31(22-11-3-2-4-12-22)25-14-6-8-16-27(25)32/h2-20H,1H3. The molecule has 0 aliphatic heterocycles. The highest BCUT2D eigenvalue weighted by molar-refractivity contribution is 6.22. The lowest BCUT2D eigenvalue weighted by Crippen LogP contribution is -1.90. The van der Waals surface area contributed by atoms with E-state index in [0.29, 0.717) is 0 Å². The van der Waals surface area contributed by atoms with E-state index in [-0.39, 0.29) is 0 Å². The van der Waals surface area contributed by atoms with Crippen LogP contribution in [0.15, 0.2) is 120 Å². The molecule has 160 valence electrons. The van der Waals surface area contributed by atoms with E-state index in [2.05, 4.69) is 122 Å². The number of benzene rings is 6. The fourth-order valence-corrected chi connectivity index (χ4v) is 5.45. The lowest BCUT2D eigenvalue weighted by Gasteiger charge is -2.17. The third kappa shape index (κ3) is 2.74. The van der Waals surface area contributed by atoms with Crippen LogP contribution in [0.3, 0.4) is 0 Å². The number of para-hydroxylation sites is 1. The molecule has 0 saturated carbocycles. The molecular formula is C33H22O. The normalized spacial score (nSPS) is 11.7. The van der Waals surface area contributed by atoms with Crippen molar-refractivity contribution in [3.8, 4) is 22.3 Å².